The van der Waals surface area contributed by atoms with Crippen LogP contribution >= 0.6 is 0 Å². The van der Waals surface area contributed by atoms with Crippen molar-refractivity contribution in [3.63, 3.8) is 0 Å². The molecule has 0 bridgehead atoms. The van der Waals surface area contributed by atoms with Crippen LogP contribution in [0.2, 0.25) is 0 Å². The molecule has 5 heteroatoms. The molecule has 1 aliphatic carbocycles. The van der Waals surface area contributed by atoms with Crippen LogP contribution in [0.4, 0.5) is 11.4 Å². The SMILES string of the molecule is CC1=C(Nc2ccc([N+](=O)[O-])cc2)C(=O)C(c2ccccc2)C1C. The summed E-state index contributed by atoms with van der Waals surface area (Å²) >= 11 is 0. The Hall–Kier alpha value is -2.95. The van der Waals surface area contributed by atoms with Crippen molar-refractivity contribution in [1.82, 2.24) is 0 Å². The number of rotatable bonds is 4. The first-order valence-corrected chi connectivity index (χ1v) is 7.80. The highest BCUT2D eigenvalue weighted by Gasteiger charge is 2.38. The Bertz CT molecular complexity index is 810. The van der Waals surface area contributed by atoms with E-state index < -0.39 is 4.92 Å². The van der Waals surface area contributed by atoms with Gasteiger partial charge in [0, 0.05) is 17.8 Å². The van der Waals surface area contributed by atoms with E-state index in [-0.39, 0.29) is 23.3 Å². The summed E-state index contributed by atoms with van der Waals surface area (Å²) in [4.78, 5) is 23.2. The third kappa shape index (κ3) is 2.80. The fourth-order valence-electron chi connectivity index (χ4n) is 3.13. The van der Waals surface area contributed by atoms with Crippen LogP contribution in [0.15, 0.2) is 65.9 Å². The molecule has 2 aromatic rings. The number of nitrogens with one attached hydrogen (secondary N) is 1. The topological polar surface area (TPSA) is 72.2 Å². The van der Waals surface area contributed by atoms with Gasteiger partial charge in [-0.1, -0.05) is 37.3 Å². The standard InChI is InChI=1S/C19H18N2O3/c1-12-13(2)18(19(22)17(12)14-6-4-3-5-7-14)20-15-8-10-16(11-9-15)21(23)24/h3-12,17,20H,1-2H3. The van der Waals surface area contributed by atoms with E-state index in [4.69, 9.17) is 0 Å². The quantitative estimate of drug-likeness (QED) is 0.673. The van der Waals surface area contributed by atoms with Crippen LogP contribution in [0.25, 0.3) is 0 Å². The number of hydrogen-bond donors (Lipinski definition) is 1. The van der Waals surface area contributed by atoms with Crippen LogP contribution in [0.3, 0.4) is 0 Å². The van der Waals surface area contributed by atoms with Gasteiger partial charge in [-0.3, -0.25) is 14.9 Å². The number of Topliss-reactive ketones (excluding diaryl/α,β-unsaturated/α-hetero) is 1. The van der Waals surface area contributed by atoms with E-state index in [2.05, 4.69) is 12.2 Å². The third-order valence-electron chi connectivity index (χ3n) is 4.61. The minimum absolute atomic E-state index is 0.0273. The van der Waals surface area contributed by atoms with Crippen LogP contribution in [-0.4, -0.2) is 10.7 Å². The first kappa shape index (κ1) is 15.9. The molecular weight excluding hydrogens is 304 g/mol. The summed E-state index contributed by atoms with van der Waals surface area (Å²) in [6, 6.07) is 15.8. The predicted octanol–water partition coefficient (Wildman–Crippen LogP) is 4.28. The normalized spacial score (nSPS) is 20.3. The van der Waals surface area contributed by atoms with E-state index in [1.807, 2.05) is 37.3 Å². The minimum Gasteiger partial charge on any atom is -0.353 e. The maximum Gasteiger partial charge on any atom is 0.269 e. The number of nitro groups is 1. The summed E-state index contributed by atoms with van der Waals surface area (Å²) in [7, 11) is 0. The molecule has 2 aromatic carbocycles. The smallest absolute Gasteiger partial charge is 0.269 e. The summed E-state index contributed by atoms with van der Waals surface area (Å²) in [5.74, 6) is -0.0169. The average molecular weight is 322 g/mol. The monoisotopic (exact) mass is 322 g/mol. The number of allylic oxidation sites excluding steroid dienone is 2. The lowest BCUT2D eigenvalue weighted by Crippen LogP contribution is -2.16. The zero-order valence-electron chi connectivity index (χ0n) is 13.5. The van der Waals surface area contributed by atoms with Crippen LogP contribution in [0.1, 0.15) is 25.3 Å². The van der Waals surface area contributed by atoms with Crippen molar-refractivity contribution >= 4 is 17.2 Å². The fraction of sp³-hybridized carbons (Fsp3) is 0.211. The maximum atomic E-state index is 12.9. The number of benzene rings is 2. The Kier molecular flexibility index (Phi) is 4.16. The largest absolute Gasteiger partial charge is 0.353 e. The highest BCUT2D eigenvalue weighted by molar-refractivity contribution is 6.06. The molecule has 0 saturated heterocycles. The molecule has 2 unspecified atom stereocenters. The molecule has 0 aromatic heterocycles. The predicted molar refractivity (Wildman–Crippen MR) is 92.8 cm³/mol. The molecule has 0 heterocycles. The Balaban J connectivity index is 1.85. The number of ketones is 1. The lowest BCUT2D eigenvalue weighted by molar-refractivity contribution is -0.384. The van der Waals surface area contributed by atoms with E-state index in [1.54, 1.807) is 12.1 Å². The first-order valence-electron chi connectivity index (χ1n) is 7.80. The molecule has 1 N–H and O–H groups in total. The lowest BCUT2D eigenvalue weighted by Gasteiger charge is -2.15. The van der Waals surface area contributed by atoms with Gasteiger partial charge in [0.05, 0.1) is 16.5 Å². The fourth-order valence-corrected chi connectivity index (χ4v) is 3.13. The van der Waals surface area contributed by atoms with Gasteiger partial charge in [-0.05, 0) is 36.1 Å². The van der Waals surface area contributed by atoms with Crippen molar-refractivity contribution in [2.75, 3.05) is 5.32 Å². The van der Waals surface area contributed by atoms with E-state index in [0.29, 0.717) is 11.4 Å². The van der Waals surface area contributed by atoms with Crippen LogP contribution < -0.4 is 5.32 Å². The van der Waals surface area contributed by atoms with E-state index in [9.17, 15) is 14.9 Å². The van der Waals surface area contributed by atoms with Crippen molar-refractivity contribution in [1.29, 1.82) is 0 Å². The van der Waals surface area contributed by atoms with Crippen LogP contribution in [-0.2, 0) is 4.79 Å². The molecule has 0 fully saturated rings. The number of carbonyl (C=O) groups is 1. The second kappa shape index (κ2) is 6.28. The van der Waals surface area contributed by atoms with Gasteiger partial charge in [-0.25, -0.2) is 0 Å². The number of hydrogen-bond acceptors (Lipinski definition) is 4. The van der Waals surface area contributed by atoms with Crippen molar-refractivity contribution in [3.8, 4) is 0 Å². The number of nitro benzene ring substituents is 1. The van der Waals surface area contributed by atoms with Gasteiger partial charge >= 0.3 is 0 Å². The molecule has 0 spiro atoms. The molecule has 122 valence electrons. The summed E-state index contributed by atoms with van der Waals surface area (Å²) in [5, 5.41) is 13.9. The molecule has 5 nitrogen and oxygen atoms in total. The number of non-ortho nitro benzene ring substituents is 1. The van der Waals surface area contributed by atoms with Gasteiger partial charge in [0.25, 0.3) is 5.69 Å². The van der Waals surface area contributed by atoms with Gasteiger partial charge < -0.3 is 5.32 Å². The van der Waals surface area contributed by atoms with Gasteiger partial charge in [0.1, 0.15) is 0 Å². The maximum absolute atomic E-state index is 12.9. The van der Waals surface area contributed by atoms with E-state index >= 15 is 0 Å². The molecule has 0 saturated carbocycles. The molecule has 2 atom stereocenters. The molecule has 0 radical (unpaired) electrons. The van der Waals surface area contributed by atoms with Crippen molar-refractivity contribution in [2.24, 2.45) is 5.92 Å². The zero-order chi connectivity index (χ0) is 17.3. The Labute approximate surface area is 140 Å². The van der Waals surface area contributed by atoms with Crippen LogP contribution in [0, 0.1) is 16.0 Å². The van der Waals surface area contributed by atoms with Crippen molar-refractivity contribution in [2.45, 2.75) is 19.8 Å². The molecular formula is C19H18N2O3. The molecule has 0 aliphatic heterocycles. The van der Waals surface area contributed by atoms with E-state index in [1.165, 1.54) is 12.1 Å². The minimum atomic E-state index is -0.442. The molecule has 24 heavy (non-hydrogen) atoms. The highest BCUT2D eigenvalue weighted by atomic mass is 16.6. The van der Waals surface area contributed by atoms with Crippen molar-refractivity contribution in [3.05, 3.63) is 81.5 Å². The van der Waals surface area contributed by atoms with Gasteiger partial charge in [0.15, 0.2) is 5.78 Å². The molecule has 1 aliphatic rings. The Morgan fingerprint density at radius 3 is 2.25 bits per heavy atom. The second-order valence-corrected chi connectivity index (χ2v) is 6.03. The number of nitrogens with zero attached hydrogens (tertiary/aromatic N) is 1. The molecule has 3 rings (SSSR count). The van der Waals surface area contributed by atoms with Gasteiger partial charge in [-0.2, -0.15) is 0 Å². The van der Waals surface area contributed by atoms with Crippen LogP contribution in [0.5, 0.6) is 0 Å². The average Bonchev–Trinajstić information content (AvgIpc) is 2.80. The lowest BCUT2D eigenvalue weighted by atomic mass is 9.87. The van der Waals surface area contributed by atoms with Crippen molar-refractivity contribution < 1.29 is 9.72 Å². The summed E-state index contributed by atoms with van der Waals surface area (Å²) < 4.78 is 0. The summed E-state index contributed by atoms with van der Waals surface area (Å²) in [5.41, 5.74) is 3.30. The van der Waals surface area contributed by atoms with Gasteiger partial charge in [-0.15, -0.1) is 0 Å². The molecule has 0 amide bonds. The van der Waals surface area contributed by atoms with E-state index in [0.717, 1.165) is 11.1 Å². The second-order valence-electron chi connectivity index (χ2n) is 6.03. The number of carbonyl (C=O) groups excluding carboxylic acids is 1. The number of anilines is 1. The summed E-state index contributed by atoms with van der Waals surface area (Å²) in [6.45, 7) is 4.01. The highest BCUT2D eigenvalue weighted by Crippen LogP contribution is 2.40. The summed E-state index contributed by atoms with van der Waals surface area (Å²) in [6.07, 6.45) is 0. The Morgan fingerprint density at radius 2 is 1.67 bits per heavy atom. The Morgan fingerprint density at radius 1 is 1.04 bits per heavy atom. The zero-order valence-corrected chi connectivity index (χ0v) is 13.5. The third-order valence-corrected chi connectivity index (χ3v) is 4.61. The van der Waals surface area contributed by atoms with Gasteiger partial charge in [0.2, 0.25) is 0 Å². The first-order chi connectivity index (χ1) is 11.5.